The summed E-state index contributed by atoms with van der Waals surface area (Å²) in [5.41, 5.74) is 6.91. The van der Waals surface area contributed by atoms with Crippen molar-refractivity contribution in [2.75, 3.05) is 5.32 Å². The standard InChI is InChI=1S/C19H16BrN3O3S/c20-12-5-6-14(24)10(8-12)7-11(9-21)18(26)23-19-16(17(22)25)13-3-1-2-4-15(13)27-19/h5-8,24H,1-4H2,(H2,22,25)(H,23,26)/b11-7+. The van der Waals surface area contributed by atoms with Crippen LogP contribution in [0.3, 0.4) is 0 Å². The van der Waals surface area contributed by atoms with Crippen LogP contribution in [0.15, 0.2) is 28.2 Å². The second-order valence-corrected chi connectivity index (χ2v) is 8.13. The number of nitrogens with two attached hydrogens (primary N) is 1. The van der Waals surface area contributed by atoms with Crippen LogP contribution in [-0.4, -0.2) is 16.9 Å². The molecule has 1 aromatic carbocycles. The number of anilines is 1. The molecule has 3 rings (SSSR count). The smallest absolute Gasteiger partial charge is 0.266 e. The molecule has 8 heteroatoms. The number of nitrogens with one attached hydrogen (secondary N) is 1. The predicted molar refractivity (Wildman–Crippen MR) is 108 cm³/mol. The Morgan fingerprint density at radius 1 is 1.33 bits per heavy atom. The van der Waals surface area contributed by atoms with Gasteiger partial charge in [-0.1, -0.05) is 15.9 Å². The fourth-order valence-corrected chi connectivity index (χ4v) is 4.70. The third kappa shape index (κ3) is 4.04. The van der Waals surface area contributed by atoms with E-state index in [1.165, 1.54) is 23.5 Å². The van der Waals surface area contributed by atoms with Gasteiger partial charge in [0.15, 0.2) is 0 Å². The minimum absolute atomic E-state index is 0.0526. The maximum absolute atomic E-state index is 12.6. The van der Waals surface area contributed by atoms with Crippen molar-refractivity contribution in [2.24, 2.45) is 5.73 Å². The highest BCUT2D eigenvalue weighted by Crippen LogP contribution is 2.38. The van der Waals surface area contributed by atoms with Crippen LogP contribution in [0, 0.1) is 11.3 Å². The molecule has 138 valence electrons. The fourth-order valence-electron chi connectivity index (χ4n) is 3.03. The van der Waals surface area contributed by atoms with Gasteiger partial charge in [-0.05, 0) is 55.5 Å². The average Bonchev–Trinajstić information content (AvgIpc) is 3.00. The third-order valence-electron chi connectivity index (χ3n) is 4.30. The van der Waals surface area contributed by atoms with E-state index in [4.69, 9.17) is 5.73 Å². The first-order valence-corrected chi connectivity index (χ1v) is 9.87. The quantitative estimate of drug-likeness (QED) is 0.490. The number of aryl methyl sites for hydroxylation is 1. The lowest BCUT2D eigenvalue weighted by atomic mass is 9.95. The van der Waals surface area contributed by atoms with Crippen LogP contribution in [-0.2, 0) is 17.6 Å². The minimum atomic E-state index is -0.655. The molecule has 0 spiro atoms. The van der Waals surface area contributed by atoms with Crippen LogP contribution >= 0.6 is 27.3 Å². The lowest BCUT2D eigenvalue weighted by molar-refractivity contribution is -0.112. The number of nitriles is 1. The number of halogens is 1. The molecule has 27 heavy (non-hydrogen) atoms. The van der Waals surface area contributed by atoms with Crippen molar-refractivity contribution >= 4 is 50.2 Å². The van der Waals surface area contributed by atoms with Gasteiger partial charge in [0.2, 0.25) is 0 Å². The summed E-state index contributed by atoms with van der Waals surface area (Å²) in [5, 5.41) is 22.3. The van der Waals surface area contributed by atoms with Crippen LogP contribution in [0.5, 0.6) is 5.75 Å². The maximum Gasteiger partial charge on any atom is 0.266 e. The number of benzene rings is 1. The van der Waals surface area contributed by atoms with Crippen molar-refractivity contribution in [3.63, 3.8) is 0 Å². The number of amides is 2. The zero-order valence-corrected chi connectivity index (χ0v) is 16.6. The monoisotopic (exact) mass is 445 g/mol. The normalized spacial score (nSPS) is 13.6. The molecule has 2 aromatic rings. The Morgan fingerprint density at radius 2 is 2.07 bits per heavy atom. The zero-order valence-electron chi connectivity index (χ0n) is 14.2. The van der Waals surface area contributed by atoms with Gasteiger partial charge in [-0.2, -0.15) is 5.26 Å². The summed E-state index contributed by atoms with van der Waals surface area (Å²) in [6, 6.07) is 6.54. The van der Waals surface area contributed by atoms with Gasteiger partial charge < -0.3 is 16.2 Å². The summed E-state index contributed by atoms with van der Waals surface area (Å²) in [4.78, 5) is 25.6. The van der Waals surface area contributed by atoms with E-state index in [-0.39, 0.29) is 11.3 Å². The molecule has 0 radical (unpaired) electrons. The summed E-state index contributed by atoms with van der Waals surface area (Å²) >= 11 is 4.62. The Balaban J connectivity index is 1.93. The number of carbonyl (C=O) groups is 2. The van der Waals surface area contributed by atoms with Crippen LogP contribution in [0.1, 0.15) is 39.2 Å². The Hall–Kier alpha value is -2.63. The van der Waals surface area contributed by atoms with Crippen molar-refractivity contribution in [1.82, 2.24) is 0 Å². The molecule has 0 saturated carbocycles. The topological polar surface area (TPSA) is 116 Å². The lowest BCUT2D eigenvalue weighted by Crippen LogP contribution is -2.19. The van der Waals surface area contributed by atoms with E-state index in [1.807, 2.05) is 6.07 Å². The van der Waals surface area contributed by atoms with Gasteiger partial charge in [-0.25, -0.2) is 0 Å². The number of phenols is 1. The number of rotatable bonds is 4. The van der Waals surface area contributed by atoms with E-state index in [0.717, 1.165) is 36.1 Å². The molecular weight excluding hydrogens is 430 g/mol. The molecule has 4 N–H and O–H groups in total. The zero-order chi connectivity index (χ0) is 19.6. The molecule has 0 bridgehead atoms. The van der Waals surface area contributed by atoms with Crippen LogP contribution in [0.2, 0.25) is 0 Å². The highest BCUT2D eigenvalue weighted by molar-refractivity contribution is 9.10. The average molecular weight is 446 g/mol. The predicted octanol–water partition coefficient (Wildman–Crippen LogP) is 3.74. The van der Waals surface area contributed by atoms with Crippen LogP contribution < -0.4 is 11.1 Å². The number of nitrogens with zero attached hydrogens (tertiary/aromatic N) is 1. The molecule has 6 nitrogen and oxygen atoms in total. The molecule has 2 amide bonds. The van der Waals surface area contributed by atoms with Crippen molar-refractivity contribution in [1.29, 1.82) is 5.26 Å². The van der Waals surface area contributed by atoms with E-state index >= 15 is 0 Å². The van der Waals surface area contributed by atoms with Gasteiger partial charge in [-0.3, -0.25) is 9.59 Å². The van der Waals surface area contributed by atoms with Gasteiger partial charge in [0.1, 0.15) is 22.4 Å². The summed E-state index contributed by atoms with van der Waals surface area (Å²) in [7, 11) is 0. The van der Waals surface area contributed by atoms with Gasteiger partial charge in [0, 0.05) is 14.9 Å². The highest BCUT2D eigenvalue weighted by atomic mass is 79.9. The van der Waals surface area contributed by atoms with Gasteiger partial charge in [0.05, 0.1) is 5.56 Å². The van der Waals surface area contributed by atoms with Crippen molar-refractivity contribution in [2.45, 2.75) is 25.7 Å². The fraction of sp³-hybridized carbons (Fsp3) is 0.211. The number of primary amides is 1. The molecule has 0 fully saturated rings. The Labute approximate surface area is 168 Å². The summed E-state index contributed by atoms with van der Waals surface area (Å²) in [6.07, 6.45) is 4.91. The molecule has 1 aliphatic rings. The number of carbonyl (C=O) groups excluding carboxylic acids is 2. The number of thiophene rings is 1. The van der Waals surface area contributed by atoms with E-state index in [1.54, 1.807) is 12.1 Å². The second-order valence-electron chi connectivity index (χ2n) is 6.11. The van der Waals surface area contributed by atoms with Crippen LogP contribution in [0.4, 0.5) is 5.00 Å². The lowest BCUT2D eigenvalue weighted by Gasteiger charge is -2.11. The van der Waals surface area contributed by atoms with Crippen molar-refractivity contribution < 1.29 is 14.7 Å². The number of aromatic hydroxyl groups is 1. The highest BCUT2D eigenvalue weighted by Gasteiger charge is 2.25. The molecule has 0 aliphatic heterocycles. The molecule has 1 heterocycles. The van der Waals surface area contributed by atoms with Crippen molar-refractivity contribution in [3.05, 3.63) is 49.8 Å². The molecule has 0 unspecified atom stereocenters. The molecular formula is C19H16BrN3O3S. The molecule has 1 aliphatic carbocycles. The van der Waals surface area contributed by atoms with Crippen molar-refractivity contribution in [3.8, 4) is 11.8 Å². The molecule has 0 saturated heterocycles. The minimum Gasteiger partial charge on any atom is -0.507 e. The number of hydrogen-bond acceptors (Lipinski definition) is 5. The molecule has 1 aromatic heterocycles. The Bertz CT molecular complexity index is 1000. The van der Waals surface area contributed by atoms with E-state index in [9.17, 15) is 20.0 Å². The Morgan fingerprint density at radius 3 is 2.78 bits per heavy atom. The third-order valence-corrected chi connectivity index (χ3v) is 6.00. The SMILES string of the molecule is N#C/C(=C\c1cc(Br)ccc1O)C(=O)Nc1sc2c(c1C(N)=O)CCCC2. The van der Waals surface area contributed by atoms with Gasteiger partial charge in [0.25, 0.3) is 11.8 Å². The largest absolute Gasteiger partial charge is 0.507 e. The second kappa shape index (κ2) is 7.94. The number of phenolic OH excluding ortho intramolecular Hbond substituents is 1. The maximum atomic E-state index is 12.6. The first kappa shape index (κ1) is 19.1. The van der Waals surface area contributed by atoms with Gasteiger partial charge in [-0.15, -0.1) is 11.3 Å². The van der Waals surface area contributed by atoms with Gasteiger partial charge >= 0.3 is 0 Å². The first-order valence-electron chi connectivity index (χ1n) is 8.26. The summed E-state index contributed by atoms with van der Waals surface area (Å²) in [6.45, 7) is 0. The summed E-state index contributed by atoms with van der Waals surface area (Å²) in [5.74, 6) is -1.29. The summed E-state index contributed by atoms with van der Waals surface area (Å²) < 4.78 is 0.700. The Kier molecular flexibility index (Phi) is 5.63. The van der Waals surface area contributed by atoms with E-state index < -0.39 is 11.8 Å². The van der Waals surface area contributed by atoms with Crippen LogP contribution in [0.25, 0.3) is 6.08 Å². The number of fused-ring (bicyclic) bond motifs is 1. The van der Waals surface area contributed by atoms with E-state index in [0.29, 0.717) is 20.6 Å². The number of hydrogen-bond donors (Lipinski definition) is 3. The molecule has 0 atom stereocenters. The van der Waals surface area contributed by atoms with E-state index in [2.05, 4.69) is 21.2 Å². The first-order chi connectivity index (χ1) is 12.9.